The number of carbonyl (C=O) groups excluding carboxylic acids is 1. The summed E-state index contributed by atoms with van der Waals surface area (Å²) < 4.78 is 10.3. The molecule has 0 aromatic heterocycles. The maximum absolute atomic E-state index is 11.1. The molecule has 0 saturated heterocycles. The minimum Gasteiger partial charge on any atom is -0.493 e. The third-order valence-corrected chi connectivity index (χ3v) is 2.50. The number of nitrogens with two attached hydrogens (primary N) is 1. The molecule has 0 heterocycles. The molecule has 0 radical (unpaired) electrons. The molecule has 8 nitrogen and oxygen atoms in total. The molecule has 0 fully saturated rings. The summed E-state index contributed by atoms with van der Waals surface area (Å²) in [7, 11) is 1.37. The number of amides is 1. The maximum Gasteiger partial charge on any atom is 0.280 e. The minimum absolute atomic E-state index is 0.0238. The van der Waals surface area contributed by atoms with Crippen LogP contribution in [0.3, 0.4) is 0 Å². The summed E-state index contributed by atoms with van der Waals surface area (Å²) in [6, 6.07) is 4.07. The predicted molar refractivity (Wildman–Crippen MR) is 73.6 cm³/mol. The highest BCUT2D eigenvalue weighted by Gasteiger charge is 2.19. The van der Waals surface area contributed by atoms with E-state index < -0.39 is 16.4 Å². The van der Waals surface area contributed by atoms with Crippen LogP contribution in [0.4, 0.5) is 5.69 Å². The predicted octanol–water partition coefficient (Wildman–Crippen LogP) is 1.39. The van der Waals surface area contributed by atoms with Crippen molar-refractivity contribution in [2.75, 3.05) is 13.7 Å². The van der Waals surface area contributed by atoms with Crippen LogP contribution in [-0.4, -0.2) is 24.5 Å². The van der Waals surface area contributed by atoms with Gasteiger partial charge in [0.15, 0.2) is 11.5 Å². The highest BCUT2D eigenvalue weighted by atomic mass is 16.6. The first kappa shape index (κ1) is 16.0. The number of ether oxygens (including phenoxy) is 2. The van der Waals surface area contributed by atoms with Crippen LogP contribution in [-0.2, 0) is 4.79 Å². The third kappa shape index (κ3) is 3.70. The number of rotatable bonds is 6. The Morgan fingerprint density at radius 3 is 2.62 bits per heavy atom. The molecule has 0 spiro atoms. The van der Waals surface area contributed by atoms with Crippen LogP contribution in [0.25, 0.3) is 6.08 Å². The molecule has 1 rings (SSSR count). The summed E-state index contributed by atoms with van der Waals surface area (Å²) in [4.78, 5) is 21.5. The number of carbonyl (C=O) groups is 1. The van der Waals surface area contributed by atoms with Crippen molar-refractivity contribution in [3.63, 3.8) is 0 Å². The number of nitro benzene ring substituents is 1. The molecular formula is C13H13N3O5. The lowest BCUT2D eigenvalue weighted by Crippen LogP contribution is -2.12. The Labute approximate surface area is 120 Å². The number of primary amides is 1. The van der Waals surface area contributed by atoms with Gasteiger partial charge in [-0.15, -0.1) is 0 Å². The fourth-order valence-electron chi connectivity index (χ4n) is 1.58. The molecule has 1 aromatic carbocycles. The quantitative estimate of drug-likeness (QED) is 0.365. The number of nitro groups is 1. The number of nitrogens with zero attached hydrogens (tertiary/aromatic N) is 2. The fraction of sp³-hybridized carbons (Fsp3) is 0.231. The Hall–Kier alpha value is -3.08. The van der Waals surface area contributed by atoms with Gasteiger partial charge in [0.2, 0.25) is 0 Å². The number of nitriles is 1. The first-order valence-electron chi connectivity index (χ1n) is 5.85. The zero-order chi connectivity index (χ0) is 16.0. The molecule has 0 aliphatic heterocycles. The standard InChI is InChI=1S/C13H13N3O5/c1-3-21-12-6-10(16(18)19)8(5-11(12)20-2)4-9(7-14)13(15)17/h4-6H,3H2,1-2H3,(H2,15,17)/b9-4+. The van der Waals surface area contributed by atoms with Crippen molar-refractivity contribution >= 4 is 17.7 Å². The molecule has 0 aliphatic rings. The van der Waals surface area contributed by atoms with E-state index in [4.69, 9.17) is 20.5 Å². The first-order chi connectivity index (χ1) is 9.94. The van der Waals surface area contributed by atoms with Gasteiger partial charge in [0.1, 0.15) is 11.6 Å². The normalized spacial score (nSPS) is 10.6. The van der Waals surface area contributed by atoms with E-state index in [0.29, 0.717) is 6.61 Å². The molecule has 8 heteroatoms. The monoisotopic (exact) mass is 291 g/mol. The van der Waals surface area contributed by atoms with Gasteiger partial charge in [0.25, 0.3) is 11.6 Å². The van der Waals surface area contributed by atoms with Gasteiger partial charge >= 0.3 is 0 Å². The van der Waals surface area contributed by atoms with Crippen LogP contribution in [0.1, 0.15) is 12.5 Å². The summed E-state index contributed by atoms with van der Waals surface area (Å²) in [5, 5.41) is 19.9. The fourth-order valence-corrected chi connectivity index (χ4v) is 1.58. The van der Waals surface area contributed by atoms with Crippen LogP contribution < -0.4 is 15.2 Å². The summed E-state index contributed by atoms with van der Waals surface area (Å²) in [6.07, 6.45) is 1.04. The Kier molecular flexibility index (Phi) is 5.25. The number of hydrogen-bond donors (Lipinski definition) is 1. The van der Waals surface area contributed by atoms with Crippen LogP contribution >= 0.6 is 0 Å². The summed E-state index contributed by atoms with van der Waals surface area (Å²) in [5.74, 6) is -0.531. The molecule has 1 aromatic rings. The lowest BCUT2D eigenvalue weighted by molar-refractivity contribution is -0.385. The molecular weight excluding hydrogens is 278 g/mol. The molecule has 110 valence electrons. The molecule has 0 bridgehead atoms. The second-order valence-electron chi connectivity index (χ2n) is 3.79. The molecule has 0 unspecified atom stereocenters. The second kappa shape index (κ2) is 6.91. The largest absolute Gasteiger partial charge is 0.493 e. The van der Waals surface area contributed by atoms with Crippen molar-refractivity contribution in [3.05, 3.63) is 33.4 Å². The van der Waals surface area contributed by atoms with Gasteiger partial charge in [-0.1, -0.05) is 0 Å². The van der Waals surface area contributed by atoms with Crippen molar-refractivity contribution in [3.8, 4) is 17.6 Å². The van der Waals surface area contributed by atoms with E-state index >= 15 is 0 Å². The van der Waals surface area contributed by atoms with E-state index in [-0.39, 0.29) is 22.7 Å². The Bertz CT molecular complexity index is 646. The maximum atomic E-state index is 11.1. The van der Waals surface area contributed by atoms with Gasteiger partial charge in [0, 0.05) is 0 Å². The van der Waals surface area contributed by atoms with E-state index in [0.717, 1.165) is 6.08 Å². The van der Waals surface area contributed by atoms with Crippen LogP contribution in [0.5, 0.6) is 11.5 Å². The van der Waals surface area contributed by atoms with Crippen molar-refractivity contribution in [2.24, 2.45) is 5.73 Å². The molecule has 21 heavy (non-hydrogen) atoms. The summed E-state index contributed by atoms with van der Waals surface area (Å²) in [5.41, 5.74) is 4.31. The van der Waals surface area contributed by atoms with Crippen LogP contribution in [0.15, 0.2) is 17.7 Å². The highest BCUT2D eigenvalue weighted by molar-refractivity contribution is 6.01. The average Bonchev–Trinajstić information content (AvgIpc) is 2.44. The lowest BCUT2D eigenvalue weighted by atomic mass is 10.1. The van der Waals surface area contributed by atoms with Crippen molar-refractivity contribution in [1.29, 1.82) is 5.26 Å². The third-order valence-electron chi connectivity index (χ3n) is 2.50. The number of hydrogen-bond acceptors (Lipinski definition) is 6. The number of methoxy groups -OCH3 is 1. The molecule has 0 aliphatic carbocycles. The van der Waals surface area contributed by atoms with E-state index in [1.165, 1.54) is 19.2 Å². The Balaban J connectivity index is 3.54. The van der Waals surface area contributed by atoms with Crippen molar-refractivity contribution in [1.82, 2.24) is 0 Å². The first-order valence-corrected chi connectivity index (χ1v) is 5.85. The molecule has 1 amide bonds. The zero-order valence-corrected chi connectivity index (χ0v) is 11.5. The van der Waals surface area contributed by atoms with Gasteiger partial charge in [0.05, 0.1) is 30.3 Å². The smallest absolute Gasteiger partial charge is 0.280 e. The van der Waals surface area contributed by atoms with E-state index in [1.807, 2.05) is 0 Å². The van der Waals surface area contributed by atoms with Crippen molar-refractivity contribution in [2.45, 2.75) is 6.92 Å². The zero-order valence-electron chi connectivity index (χ0n) is 11.5. The van der Waals surface area contributed by atoms with Gasteiger partial charge in [-0.25, -0.2) is 0 Å². The van der Waals surface area contributed by atoms with E-state index in [2.05, 4.69) is 0 Å². The topological polar surface area (TPSA) is 128 Å². The summed E-state index contributed by atoms with van der Waals surface area (Å²) >= 11 is 0. The SMILES string of the molecule is CCOc1cc([N+](=O)[O-])c(/C=C(\C#N)C(N)=O)cc1OC. The van der Waals surface area contributed by atoms with Gasteiger partial charge in [-0.05, 0) is 19.1 Å². The second-order valence-corrected chi connectivity index (χ2v) is 3.79. The van der Waals surface area contributed by atoms with Crippen molar-refractivity contribution < 1.29 is 19.2 Å². The number of benzene rings is 1. The van der Waals surface area contributed by atoms with Gasteiger partial charge in [-0.2, -0.15) is 5.26 Å². The van der Waals surface area contributed by atoms with Crippen LogP contribution in [0, 0.1) is 21.4 Å². The lowest BCUT2D eigenvalue weighted by Gasteiger charge is -2.10. The molecule has 0 atom stereocenters. The Morgan fingerprint density at radius 2 is 2.19 bits per heavy atom. The molecule has 0 saturated carbocycles. The van der Waals surface area contributed by atoms with E-state index in [1.54, 1.807) is 13.0 Å². The molecule has 2 N–H and O–H groups in total. The van der Waals surface area contributed by atoms with Crippen LogP contribution in [0.2, 0.25) is 0 Å². The Morgan fingerprint density at radius 1 is 1.52 bits per heavy atom. The minimum atomic E-state index is -0.973. The van der Waals surface area contributed by atoms with E-state index in [9.17, 15) is 14.9 Å². The average molecular weight is 291 g/mol. The van der Waals surface area contributed by atoms with Gasteiger partial charge in [-0.3, -0.25) is 14.9 Å². The van der Waals surface area contributed by atoms with Gasteiger partial charge < -0.3 is 15.2 Å². The summed E-state index contributed by atoms with van der Waals surface area (Å²) in [6.45, 7) is 2.02. The highest BCUT2D eigenvalue weighted by Crippen LogP contribution is 2.35.